The predicted octanol–water partition coefficient (Wildman–Crippen LogP) is 1.01. The molecule has 0 aromatic rings. The third-order valence-electron chi connectivity index (χ3n) is 2.63. The fourth-order valence-electron chi connectivity index (χ4n) is 1.73. The quantitative estimate of drug-likeness (QED) is 0.640. The number of methoxy groups -OCH3 is 1. The lowest BCUT2D eigenvalue weighted by molar-refractivity contribution is 0.00236. The van der Waals surface area contributed by atoms with Crippen molar-refractivity contribution >= 4 is 0 Å². The molecule has 0 unspecified atom stereocenters. The highest BCUT2D eigenvalue weighted by molar-refractivity contribution is 4.81. The molecule has 0 aliphatic carbocycles. The normalized spacial score (nSPS) is 22.2. The van der Waals surface area contributed by atoms with Crippen LogP contribution in [0.2, 0.25) is 0 Å². The molecule has 0 spiro atoms. The SMILES string of the molecule is COCN1CCN(C(C)(C)C)CC1. The van der Waals surface area contributed by atoms with Crippen LogP contribution >= 0.6 is 0 Å². The van der Waals surface area contributed by atoms with Gasteiger partial charge >= 0.3 is 0 Å². The van der Waals surface area contributed by atoms with Crippen LogP contribution in [0.1, 0.15) is 20.8 Å². The van der Waals surface area contributed by atoms with Crippen molar-refractivity contribution in [1.29, 1.82) is 0 Å². The van der Waals surface area contributed by atoms with Gasteiger partial charge in [-0.3, -0.25) is 9.80 Å². The Balaban J connectivity index is 2.30. The maximum Gasteiger partial charge on any atom is 0.0987 e. The first-order chi connectivity index (χ1) is 6.04. The molecule has 0 aromatic heterocycles. The van der Waals surface area contributed by atoms with Gasteiger partial charge in [0.15, 0.2) is 0 Å². The van der Waals surface area contributed by atoms with E-state index < -0.39 is 0 Å². The Morgan fingerprint density at radius 2 is 1.62 bits per heavy atom. The molecule has 78 valence electrons. The molecule has 0 N–H and O–H groups in total. The molecule has 1 aliphatic heterocycles. The number of rotatable bonds is 2. The molecule has 1 saturated heterocycles. The maximum atomic E-state index is 5.11. The molecule has 0 radical (unpaired) electrons. The molecule has 1 fully saturated rings. The molecule has 0 atom stereocenters. The van der Waals surface area contributed by atoms with Crippen molar-refractivity contribution in [2.75, 3.05) is 40.0 Å². The van der Waals surface area contributed by atoms with Crippen molar-refractivity contribution < 1.29 is 4.74 Å². The van der Waals surface area contributed by atoms with Crippen molar-refractivity contribution in [3.63, 3.8) is 0 Å². The van der Waals surface area contributed by atoms with Gasteiger partial charge in [-0.2, -0.15) is 0 Å². The lowest BCUT2D eigenvalue weighted by Crippen LogP contribution is -2.53. The van der Waals surface area contributed by atoms with Crippen molar-refractivity contribution in [2.24, 2.45) is 0 Å². The van der Waals surface area contributed by atoms with Crippen LogP contribution in [0.4, 0.5) is 0 Å². The molecular weight excluding hydrogens is 164 g/mol. The predicted molar refractivity (Wildman–Crippen MR) is 54.8 cm³/mol. The van der Waals surface area contributed by atoms with Gasteiger partial charge in [0.25, 0.3) is 0 Å². The molecule has 0 aromatic carbocycles. The second-order valence-corrected chi connectivity index (χ2v) is 4.69. The van der Waals surface area contributed by atoms with Crippen LogP contribution in [0.3, 0.4) is 0 Å². The zero-order valence-corrected chi connectivity index (χ0v) is 9.34. The minimum absolute atomic E-state index is 0.319. The summed E-state index contributed by atoms with van der Waals surface area (Å²) >= 11 is 0. The van der Waals surface area contributed by atoms with E-state index in [1.165, 1.54) is 0 Å². The van der Waals surface area contributed by atoms with Gasteiger partial charge in [-0.25, -0.2) is 0 Å². The third-order valence-corrected chi connectivity index (χ3v) is 2.63. The van der Waals surface area contributed by atoms with Gasteiger partial charge in [-0.15, -0.1) is 0 Å². The Morgan fingerprint density at radius 1 is 1.08 bits per heavy atom. The van der Waals surface area contributed by atoms with Crippen LogP contribution in [0.25, 0.3) is 0 Å². The highest BCUT2D eigenvalue weighted by atomic mass is 16.5. The Bertz CT molecular complexity index is 145. The van der Waals surface area contributed by atoms with Crippen molar-refractivity contribution in [1.82, 2.24) is 9.80 Å². The van der Waals surface area contributed by atoms with Crippen LogP contribution in [0, 0.1) is 0 Å². The van der Waals surface area contributed by atoms with E-state index in [0.717, 1.165) is 32.9 Å². The van der Waals surface area contributed by atoms with Gasteiger partial charge in [-0.1, -0.05) is 0 Å². The van der Waals surface area contributed by atoms with Crippen molar-refractivity contribution in [3.05, 3.63) is 0 Å². The number of ether oxygens (including phenoxy) is 1. The Morgan fingerprint density at radius 3 is 2.00 bits per heavy atom. The van der Waals surface area contributed by atoms with E-state index in [2.05, 4.69) is 30.6 Å². The van der Waals surface area contributed by atoms with Gasteiger partial charge in [0.1, 0.15) is 0 Å². The zero-order chi connectivity index (χ0) is 9.90. The highest BCUT2D eigenvalue weighted by Crippen LogP contribution is 2.15. The average Bonchev–Trinajstić information content (AvgIpc) is 2.04. The number of piperazine rings is 1. The molecule has 13 heavy (non-hydrogen) atoms. The topological polar surface area (TPSA) is 15.7 Å². The summed E-state index contributed by atoms with van der Waals surface area (Å²) in [6, 6.07) is 0. The van der Waals surface area contributed by atoms with Crippen LogP contribution in [0.15, 0.2) is 0 Å². The summed E-state index contributed by atoms with van der Waals surface area (Å²) in [5.74, 6) is 0. The van der Waals surface area contributed by atoms with Crippen molar-refractivity contribution in [3.8, 4) is 0 Å². The molecule has 1 heterocycles. The summed E-state index contributed by atoms with van der Waals surface area (Å²) in [4.78, 5) is 4.88. The second-order valence-electron chi connectivity index (χ2n) is 4.69. The first-order valence-corrected chi connectivity index (χ1v) is 5.00. The van der Waals surface area contributed by atoms with E-state index in [0.29, 0.717) is 5.54 Å². The Hall–Kier alpha value is -0.120. The largest absolute Gasteiger partial charge is 0.369 e. The minimum Gasteiger partial charge on any atom is -0.369 e. The first-order valence-electron chi connectivity index (χ1n) is 5.00. The maximum absolute atomic E-state index is 5.11. The number of nitrogens with zero attached hydrogens (tertiary/aromatic N) is 2. The molecule has 1 aliphatic rings. The highest BCUT2D eigenvalue weighted by Gasteiger charge is 2.25. The fourth-order valence-corrected chi connectivity index (χ4v) is 1.73. The van der Waals surface area contributed by atoms with Crippen LogP contribution in [-0.4, -0.2) is 55.4 Å². The lowest BCUT2D eigenvalue weighted by Gasteiger charge is -2.41. The van der Waals surface area contributed by atoms with Gasteiger partial charge in [0.05, 0.1) is 6.73 Å². The summed E-state index contributed by atoms with van der Waals surface area (Å²) in [7, 11) is 1.76. The Labute approximate surface area is 81.7 Å². The molecule has 3 nitrogen and oxygen atoms in total. The summed E-state index contributed by atoms with van der Waals surface area (Å²) in [6.45, 7) is 12.2. The van der Waals surface area contributed by atoms with Crippen LogP contribution in [-0.2, 0) is 4.74 Å². The van der Waals surface area contributed by atoms with E-state index in [-0.39, 0.29) is 0 Å². The van der Waals surface area contributed by atoms with Gasteiger partial charge < -0.3 is 4.74 Å². The van der Waals surface area contributed by atoms with Crippen molar-refractivity contribution in [2.45, 2.75) is 26.3 Å². The zero-order valence-electron chi connectivity index (χ0n) is 9.34. The lowest BCUT2D eigenvalue weighted by atomic mass is 10.1. The number of hydrogen-bond donors (Lipinski definition) is 0. The van der Waals surface area contributed by atoms with E-state index in [1.807, 2.05) is 0 Å². The first kappa shape index (κ1) is 11.0. The number of hydrogen-bond acceptors (Lipinski definition) is 3. The van der Waals surface area contributed by atoms with Crippen LogP contribution < -0.4 is 0 Å². The third kappa shape index (κ3) is 3.25. The fraction of sp³-hybridized carbons (Fsp3) is 1.00. The molecule has 0 saturated carbocycles. The second kappa shape index (κ2) is 4.40. The monoisotopic (exact) mass is 186 g/mol. The van der Waals surface area contributed by atoms with Crippen LogP contribution in [0.5, 0.6) is 0 Å². The smallest absolute Gasteiger partial charge is 0.0987 e. The molecule has 0 bridgehead atoms. The summed E-state index contributed by atoms with van der Waals surface area (Å²) in [5, 5.41) is 0. The summed E-state index contributed by atoms with van der Waals surface area (Å²) in [5.41, 5.74) is 0.319. The molecule has 3 heteroatoms. The van der Waals surface area contributed by atoms with E-state index in [1.54, 1.807) is 7.11 Å². The summed E-state index contributed by atoms with van der Waals surface area (Å²) in [6.07, 6.45) is 0. The Kier molecular flexibility index (Phi) is 3.71. The minimum atomic E-state index is 0.319. The van der Waals surface area contributed by atoms with Gasteiger partial charge in [-0.05, 0) is 20.8 Å². The van der Waals surface area contributed by atoms with Gasteiger partial charge in [0, 0.05) is 38.8 Å². The average molecular weight is 186 g/mol. The van der Waals surface area contributed by atoms with E-state index in [4.69, 9.17) is 4.74 Å². The summed E-state index contributed by atoms with van der Waals surface area (Å²) < 4.78 is 5.11. The molecule has 1 rings (SSSR count). The molecule has 0 amide bonds. The molecular formula is C10H22N2O. The van der Waals surface area contributed by atoms with Gasteiger partial charge in [0.2, 0.25) is 0 Å². The van der Waals surface area contributed by atoms with E-state index >= 15 is 0 Å². The van der Waals surface area contributed by atoms with E-state index in [9.17, 15) is 0 Å². The standard InChI is InChI=1S/C10H22N2O/c1-10(2,3)12-7-5-11(6-8-12)9-13-4/h5-9H2,1-4H3.